The monoisotopic (exact) mass is 264 g/mol. The molecule has 6 unspecified atom stereocenters. The second-order valence-corrected chi connectivity index (χ2v) is 6.87. The van der Waals surface area contributed by atoms with Crippen LogP contribution in [0.4, 0.5) is 0 Å². The summed E-state index contributed by atoms with van der Waals surface area (Å²) in [4.78, 5) is 0. The van der Waals surface area contributed by atoms with Crippen LogP contribution in [0.2, 0.25) is 0 Å². The maximum absolute atomic E-state index is 5.80. The molecule has 0 radical (unpaired) electrons. The number of ether oxygens (including phenoxy) is 2. The fourth-order valence-electron chi connectivity index (χ4n) is 5.12. The summed E-state index contributed by atoms with van der Waals surface area (Å²) in [6, 6.07) is 0. The summed E-state index contributed by atoms with van der Waals surface area (Å²) in [6.07, 6.45) is 13.3. The second kappa shape index (κ2) is 5.87. The molecule has 3 aliphatic rings. The molecular weight excluding hydrogens is 236 g/mol. The molecule has 3 aliphatic carbocycles. The van der Waals surface area contributed by atoms with Crippen molar-refractivity contribution >= 4 is 0 Å². The molecule has 0 bridgehead atoms. The average Bonchev–Trinajstić information content (AvgIpc) is 2.44. The topological polar surface area (TPSA) is 18.5 Å². The Morgan fingerprint density at radius 3 is 2.37 bits per heavy atom. The molecule has 0 saturated heterocycles. The van der Waals surface area contributed by atoms with E-state index in [1.807, 2.05) is 7.11 Å². The van der Waals surface area contributed by atoms with E-state index in [4.69, 9.17) is 9.47 Å². The van der Waals surface area contributed by atoms with Gasteiger partial charge < -0.3 is 9.47 Å². The second-order valence-electron chi connectivity index (χ2n) is 6.87. The third kappa shape index (κ3) is 2.69. The van der Waals surface area contributed by atoms with Gasteiger partial charge in [-0.15, -0.1) is 0 Å². The number of fused-ring (bicyclic) bond motifs is 2. The van der Waals surface area contributed by atoms with Crippen molar-refractivity contribution in [2.24, 2.45) is 23.7 Å². The standard InChI is InChI=1S/C17H28O2/c1-3-19-15-9-14-8-12-6-4-5-7-13(12)10-16(14)17(11-15)18-2/h3,12-17H,1,4-11H2,2H3. The highest BCUT2D eigenvalue weighted by atomic mass is 16.5. The highest BCUT2D eigenvalue weighted by molar-refractivity contribution is 4.96. The predicted molar refractivity (Wildman–Crippen MR) is 76.8 cm³/mol. The van der Waals surface area contributed by atoms with Gasteiger partial charge >= 0.3 is 0 Å². The van der Waals surface area contributed by atoms with Gasteiger partial charge in [-0.2, -0.15) is 0 Å². The van der Waals surface area contributed by atoms with E-state index in [-0.39, 0.29) is 0 Å². The molecular formula is C17H28O2. The predicted octanol–water partition coefficient (Wildman–Crippen LogP) is 4.16. The fourth-order valence-corrected chi connectivity index (χ4v) is 5.12. The van der Waals surface area contributed by atoms with Crippen LogP contribution in [0.15, 0.2) is 12.8 Å². The minimum Gasteiger partial charge on any atom is -0.499 e. The Morgan fingerprint density at radius 2 is 1.68 bits per heavy atom. The SMILES string of the molecule is C=COC1CC2CC3CCCCC3CC2C(OC)C1. The minimum atomic E-state index is 0.337. The third-order valence-corrected chi connectivity index (χ3v) is 5.98. The van der Waals surface area contributed by atoms with E-state index in [9.17, 15) is 0 Å². The first-order chi connectivity index (χ1) is 9.31. The van der Waals surface area contributed by atoms with Crippen LogP contribution in [0.1, 0.15) is 51.4 Å². The van der Waals surface area contributed by atoms with Gasteiger partial charge in [-0.05, 0) is 42.9 Å². The zero-order valence-corrected chi connectivity index (χ0v) is 12.2. The van der Waals surface area contributed by atoms with Crippen LogP contribution >= 0.6 is 0 Å². The van der Waals surface area contributed by atoms with Gasteiger partial charge in [0.15, 0.2) is 0 Å². The summed E-state index contributed by atoms with van der Waals surface area (Å²) < 4.78 is 11.5. The Hall–Kier alpha value is -0.500. The van der Waals surface area contributed by atoms with E-state index in [0.29, 0.717) is 12.2 Å². The van der Waals surface area contributed by atoms with Crippen molar-refractivity contribution < 1.29 is 9.47 Å². The highest BCUT2D eigenvalue weighted by Crippen LogP contribution is 2.50. The molecule has 0 aromatic carbocycles. The van der Waals surface area contributed by atoms with Gasteiger partial charge in [0.25, 0.3) is 0 Å². The van der Waals surface area contributed by atoms with Crippen LogP contribution in [0, 0.1) is 23.7 Å². The summed E-state index contributed by atoms with van der Waals surface area (Å²) in [5.41, 5.74) is 0. The molecule has 19 heavy (non-hydrogen) atoms. The van der Waals surface area contributed by atoms with Crippen LogP contribution in [-0.4, -0.2) is 19.3 Å². The van der Waals surface area contributed by atoms with Crippen molar-refractivity contribution in [1.82, 2.24) is 0 Å². The quantitative estimate of drug-likeness (QED) is 0.713. The molecule has 0 aliphatic heterocycles. The number of hydrogen-bond acceptors (Lipinski definition) is 2. The highest BCUT2D eigenvalue weighted by Gasteiger charge is 2.45. The van der Waals surface area contributed by atoms with E-state index in [0.717, 1.165) is 30.1 Å². The summed E-state index contributed by atoms with van der Waals surface area (Å²) in [5.74, 6) is 3.59. The molecule has 0 heterocycles. The normalized spacial score (nSPS) is 45.9. The molecule has 0 aromatic rings. The third-order valence-electron chi connectivity index (χ3n) is 5.98. The zero-order chi connectivity index (χ0) is 13.2. The number of hydrogen-bond donors (Lipinski definition) is 0. The van der Waals surface area contributed by atoms with Gasteiger partial charge in [-0.25, -0.2) is 0 Å². The van der Waals surface area contributed by atoms with E-state index in [1.165, 1.54) is 44.9 Å². The van der Waals surface area contributed by atoms with E-state index in [2.05, 4.69) is 6.58 Å². The van der Waals surface area contributed by atoms with Gasteiger partial charge in [0, 0.05) is 13.5 Å². The van der Waals surface area contributed by atoms with Crippen molar-refractivity contribution in [2.45, 2.75) is 63.6 Å². The first kappa shape index (κ1) is 13.5. The fraction of sp³-hybridized carbons (Fsp3) is 0.882. The van der Waals surface area contributed by atoms with Crippen LogP contribution in [0.3, 0.4) is 0 Å². The number of rotatable bonds is 3. The van der Waals surface area contributed by atoms with Crippen LogP contribution in [0.25, 0.3) is 0 Å². The lowest BCUT2D eigenvalue weighted by Gasteiger charge is -2.50. The molecule has 3 rings (SSSR count). The molecule has 0 aromatic heterocycles. The zero-order valence-electron chi connectivity index (χ0n) is 12.2. The lowest BCUT2D eigenvalue weighted by Crippen LogP contribution is -2.46. The summed E-state index contributed by atoms with van der Waals surface area (Å²) >= 11 is 0. The molecule has 0 spiro atoms. The lowest BCUT2D eigenvalue weighted by atomic mass is 9.59. The average molecular weight is 264 g/mol. The maximum atomic E-state index is 5.80. The summed E-state index contributed by atoms with van der Waals surface area (Å²) in [6.45, 7) is 3.71. The Morgan fingerprint density at radius 1 is 0.947 bits per heavy atom. The van der Waals surface area contributed by atoms with Crippen molar-refractivity contribution in [3.05, 3.63) is 12.8 Å². The van der Waals surface area contributed by atoms with Crippen molar-refractivity contribution in [3.63, 3.8) is 0 Å². The van der Waals surface area contributed by atoms with Gasteiger partial charge in [0.2, 0.25) is 0 Å². The van der Waals surface area contributed by atoms with Gasteiger partial charge in [-0.1, -0.05) is 32.3 Å². The molecule has 0 amide bonds. The van der Waals surface area contributed by atoms with E-state index < -0.39 is 0 Å². The smallest absolute Gasteiger partial charge is 0.101 e. The summed E-state index contributed by atoms with van der Waals surface area (Å²) in [5, 5.41) is 0. The first-order valence-electron chi connectivity index (χ1n) is 8.11. The molecule has 2 heteroatoms. The van der Waals surface area contributed by atoms with Crippen molar-refractivity contribution in [2.75, 3.05) is 7.11 Å². The molecule has 3 saturated carbocycles. The first-order valence-corrected chi connectivity index (χ1v) is 8.11. The maximum Gasteiger partial charge on any atom is 0.101 e. The van der Waals surface area contributed by atoms with Crippen molar-refractivity contribution in [1.29, 1.82) is 0 Å². The van der Waals surface area contributed by atoms with Crippen molar-refractivity contribution in [3.8, 4) is 0 Å². The lowest BCUT2D eigenvalue weighted by molar-refractivity contribution is -0.0933. The van der Waals surface area contributed by atoms with Gasteiger partial charge in [0.05, 0.1) is 12.4 Å². The van der Waals surface area contributed by atoms with E-state index in [1.54, 1.807) is 6.26 Å². The Balaban J connectivity index is 1.70. The molecule has 0 N–H and O–H groups in total. The summed E-state index contributed by atoms with van der Waals surface area (Å²) in [7, 11) is 1.88. The Bertz CT molecular complexity index is 314. The number of methoxy groups -OCH3 is 1. The molecule has 6 atom stereocenters. The van der Waals surface area contributed by atoms with Gasteiger partial charge in [0.1, 0.15) is 6.10 Å². The van der Waals surface area contributed by atoms with Crippen LogP contribution in [-0.2, 0) is 9.47 Å². The Labute approximate surface area is 117 Å². The van der Waals surface area contributed by atoms with Gasteiger partial charge in [-0.3, -0.25) is 0 Å². The molecule has 2 nitrogen and oxygen atoms in total. The largest absolute Gasteiger partial charge is 0.499 e. The molecule has 108 valence electrons. The Kier molecular flexibility index (Phi) is 4.16. The van der Waals surface area contributed by atoms with Crippen LogP contribution in [0.5, 0.6) is 0 Å². The molecule has 3 fully saturated rings. The van der Waals surface area contributed by atoms with Crippen LogP contribution < -0.4 is 0 Å². The minimum absolute atomic E-state index is 0.337. The van der Waals surface area contributed by atoms with E-state index >= 15 is 0 Å².